The highest BCUT2D eigenvalue weighted by Gasteiger charge is 2.20. The number of carbonyl (C=O) groups excluding carboxylic acids is 1. The van der Waals surface area contributed by atoms with Gasteiger partial charge in [-0.2, -0.15) is 0 Å². The number of aromatic nitrogens is 2. The standard InChI is InChI=1S/C18H18ClN3O2/c1-9(2)15-8-13(16-11(4)22-24-18(16)21-15)17(23)20-14-6-5-12(19)7-10(14)3/h5-9H,1-4H3,(H,20,23). The molecule has 1 amide bonds. The van der Waals surface area contributed by atoms with Gasteiger partial charge < -0.3 is 9.84 Å². The summed E-state index contributed by atoms with van der Waals surface area (Å²) < 4.78 is 5.26. The van der Waals surface area contributed by atoms with Crippen LogP contribution in [0, 0.1) is 13.8 Å². The van der Waals surface area contributed by atoms with Gasteiger partial charge in [0.2, 0.25) is 0 Å². The van der Waals surface area contributed by atoms with E-state index in [9.17, 15) is 4.79 Å². The van der Waals surface area contributed by atoms with Crippen LogP contribution in [0.2, 0.25) is 5.02 Å². The van der Waals surface area contributed by atoms with E-state index in [0.717, 1.165) is 16.9 Å². The van der Waals surface area contributed by atoms with E-state index in [1.807, 2.05) is 26.8 Å². The molecule has 3 aromatic rings. The summed E-state index contributed by atoms with van der Waals surface area (Å²) in [7, 11) is 0. The molecule has 0 fully saturated rings. The molecule has 0 aliphatic rings. The zero-order valence-electron chi connectivity index (χ0n) is 14.0. The fourth-order valence-electron chi connectivity index (χ4n) is 2.55. The van der Waals surface area contributed by atoms with Gasteiger partial charge in [-0.1, -0.05) is 30.6 Å². The molecule has 0 atom stereocenters. The van der Waals surface area contributed by atoms with Crippen LogP contribution in [0.5, 0.6) is 0 Å². The fourth-order valence-corrected chi connectivity index (χ4v) is 2.77. The van der Waals surface area contributed by atoms with Crippen LogP contribution in [0.25, 0.3) is 11.1 Å². The maximum atomic E-state index is 12.8. The van der Waals surface area contributed by atoms with Gasteiger partial charge in [-0.3, -0.25) is 4.79 Å². The first-order valence-electron chi connectivity index (χ1n) is 7.71. The van der Waals surface area contributed by atoms with E-state index >= 15 is 0 Å². The third-order valence-corrected chi connectivity index (χ3v) is 4.14. The van der Waals surface area contributed by atoms with Crippen LogP contribution in [0.4, 0.5) is 5.69 Å². The molecule has 0 aliphatic heterocycles. The second-order valence-corrected chi connectivity index (χ2v) is 6.55. The number of hydrogen-bond acceptors (Lipinski definition) is 4. The number of benzene rings is 1. The van der Waals surface area contributed by atoms with Crippen LogP contribution in [-0.4, -0.2) is 16.0 Å². The number of carbonyl (C=O) groups is 1. The van der Waals surface area contributed by atoms with E-state index in [4.69, 9.17) is 16.1 Å². The quantitative estimate of drug-likeness (QED) is 0.736. The molecule has 1 aromatic carbocycles. The number of hydrogen-bond donors (Lipinski definition) is 1. The Labute approximate surface area is 145 Å². The summed E-state index contributed by atoms with van der Waals surface area (Å²) in [6.45, 7) is 7.73. The van der Waals surface area contributed by atoms with Gasteiger partial charge in [-0.25, -0.2) is 4.98 Å². The Bertz CT molecular complexity index is 931. The van der Waals surface area contributed by atoms with E-state index in [2.05, 4.69) is 15.5 Å². The molecule has 0 bridgehead atoms. The van der Waals surface area contributed by atoms with E-state index in [-0.39, 0.29) is 11.8 Å². The molecule has 0 saturated carbocycles. The molecule has 3 rings (SSSR count). The predicted octanol–water partition coefficient (Wildman–Crippen LogP) is 4.87. The number of rotatable bonds is 3. The fraction of sp³-hybridized carbons (Fsp3) is 0.278. The van der Waals surface area contributed by atoms with Crippen molar-refractivity contribution in [3.63, 3.8) is 0 Å². The molecule has 0 aliphatic carbocycles. The number of nitrogens with one attached hydrogen (secondary N) is 1. The molecular formula is C18H18ClN3O2. The molecule has 24 heavy (non-hydrogen) atoms. The van der Waals surface area contributed by atoms with Gasteiger partial charge in [-0.05, 0) is 49.6 Å². The third kappa shape index (κ3) is 2.99. The summed E-state index contributed by atoms with van der Waals surface area (Å²) in [5.41, 5.74) is 3.94. The van der Waals surface area contributed by atoms with Crippen LogP contribution < -0.4 is 5.32 Å². The summed E-state index contributed by atoms with van der Waals surface area (Å²) >= 11 is 5.97. The summed E-state index contributed by atoms with van der Waals surface area (Å²) in [6, 6.07) is 7.15. The monoisotopic (exact) mass is 343 g/mol. The normalized spacial score (nSPS) is 11.2. The van der Waals surface area contributed by atoms with Gasteiger partial charge in [0.25, 0.3) is 11.6 Å². The van der Waals surface area contributed by atoms with Crippen molar-refractivity contribution in [1.82, 2.24) is 10.1 Å². The lowest BCUT2D eigenvalue weighted by molar-refractivity contribution is 0.102. The Morgan fingerprint density at radius 3 is 2.67 bits per heavy atom. The summed E-state index contributed by atoms with van der Waals surface area (Å²) in [4.78, 5) is 17.3. The average Bonchev–Trinajstić information content (AvgIpc) is 2.90. The van der Waals surface area contributed by atoms with Crippen molar-refractivity contribution in [2.24, 2.45) is 0 Å². The number of fused-ring (bicyclic) bond motifs is 1. The van der Waals surface area contributed by atoms with E-state index in [1.165, 1.54) is 0 Å². The molecule has 2 heterocycles. The number of amides is 1. The molecule has 124 valence electrons. The maximum absolute atomic E-state index is 12.8. The zero-order chi connectivity index (χ0) is 17.4. The zero-order valence-corrected chi connectivity index (χ0v) is 14.7. The first-order valence-corrected chi connectivity index (χ1v) is 8.09. The van der Waals surface area contributed by atoms with Crippen molar-refractivity contribution in [1.29, 1.82) is 0 Å². The van der Waals surface area contributed by atoms with E-state index in [1.54, 1.807) is 25.1 Å². The third-order valence-electron chi connectivity index (χ3n) is 3.91. The maximum Gasteiger partial charge on any atom is 0.259 e. The van der Waals surface area contributed by atoms with Crippen LogP contribution in [0.1, 0.15) is 47.1 Å². The number of aryl methyl sites for hydroxylation is 2. The number of anilines is 1. The van der Waals surface area contributed by atoms with Crippen LogP contribution in [-0.2, 0) is 0 Å². The van der Waals surface area contributed by atoms with Crippen molar-refractivity contribution in [2.75, 3.05) is 5.32 Å². The summed E-state index contributed by atoms with van der Waals surface area (Å²) in [5.74, 6) is -0.0513. The van der Waals surface area contributed by atoms with Crippen molar-refractivity contribution < 1.29 is 9.32 Å². The minimum absolute atomic E-state index is 0.170. The first kappa shape index (κ1) is 16.5. The van der Waals surface area contributed by atoms with Crippen molar-refractivity contribution in [3.05, 3.63) is 51.8 Å². The highest BCUT2D eigenvalue weighted by Crippen LogP contribution is 2.27. The molecule has 5 nitrogen and oxygen atoms in total. The van der Waals surface area contributed by atoms with Crippen LogP contribution >= 0.6 is 11.6 Å². The second-order valence-electron chi connectivity index (χ2n) is 6.11. The molecule has 0 unspecified atom stereocenters. The van der Waals surface area contributed by atoms with Gasteiger partial charge in [0.05, 0.1) is 16.6 Å². The van der Waals surface area contributed by atoms with Gasteiger partial charge in [0.1, 0.15) is 0 Å². The Morgan fingerprint density at radius 1 is 1.25 bits per heavy atom. The summed E-state index contributed by atoms with van der Waals surface area (Å²) in [5, 5.41) is 8.15. The molecule has 0 radical (unpaired) electrons. The van der Waals surface area contributed by atoms with Crippen molar-refractivity contribution in [3.8, 4) is 0 Å². The molecule has 0 saturated heterocycles. The van der Waals surface area contributed by atoms with Gasteiger partial charge in [0, 0.05) is 16.4 Å². The number of halogens is 1. The molecular weight excluding hydrogens is 326 g/mol. The molecule has 6 heteroatoms. The second kappa shape index (κ2) is 6.24. The predicted molar refractivity (Wildman–Crippen MR) is 94.8 cm³/mol. The lowest BCUT2D eigenvalue weighted by Gasteiger charge is -2.11. The Balaban J connectivity index is 2.06. The largest absolute Gasteiger partial charge is 0.336 e. The Kier molecular flexibility index (Phi) is 4.28. The lowest BCUT2D eigenvalue weighted by atomic mass is 10.0. The van der Waals surface area contributed by atoms with Gasteiger partial charge >= 0.3 is 0 Å². The van der Waals surface area contributed by atoms with Gasteiger partial charge in [0.15, 0.2) is 0 Å². The molecule has 1 N–H and O–H groups in total. The topological polar surface area (TPSA) is 68.0 Å². The number of nitrogens with zero attached hydrogens (tertiary/aromatic N) is 2. The summed E-state index contributed by atoms with van der Waals surface area (Å²) in [6.07, 6.45) is 0. The highest BCUT2D eigenvalue weighted by atomic mass is 35.5. The lowest BCUT2D eigenvalue weighted by Crippen LogP contribution is -2.14. The molecule has 2 aromatic heterocycles. The smallest absolute Gasteiger partial charge is 0.259 e. The van der Waals surface area contributed by atoms with E-state index in [0.29, 0.717) is 27.4 Å². The van der Waals surface area contributed by atoms with Crippen LogP contribution in [0.15, 0.2) is 28.8 Å². The first-order chi connectivity index (χ1) is 11.4. The van der Waals surface area contributed by atoms with Crippen molar-refractivity contribution in [2.45, 2.75) is 33.6 Å². The van der Waals surface area contributed by atoms with Crippen LogP contribution in [0.3, 0.4) is 0 Å². The average molecular weight is 344 g/mol. The highest BCUT2D eigenvalue weighted by molar-refractivity contribution is 6.30. The minimum Gasteiger partial charge on any atom is -0.336 e. The minimum atomic E-state index is -0.221. The van der Waals surface area contributed by atoms with E-state index < -0.39 is 0 Å². The Morgan fingerprint density at radius 2 is 2.00 bits per heavy atom. The van der Waals surface area contributed by atoms with Crippen molar-refractivity contribution >= 4 is 34.3 Å². The Hall–Kier alpha value is -2.40. The van der Waals surface area contributed by atoms with Gasteiger partial charge in [-0.15, -0.1) is 0 Å². The molecule has 0 spiro atoms. The SMILES string of the molecule is Cc1cc(Cl)ccc1NC(=O)c1cc(C(C)C)nc2onc(C)c12. The number of pyridine rings is 1.